The molecule has 1 amide bonds. The largest absolute Gasteiger partial charge is 0.469 e. The highest BCUT2D eigenvalue weighted by Crippen LogP contribution is 2.23. The van der Waals surface area contributed by atoms with Crippen molar-refractivity contribution in [1.82, 2.24) is 4.90 Å². The maximum atomic E-state index is 11.8. The van der Waals surface area contributed by atoms with Gasteiger partial charge in [-0.3, -0.25) is 9.59 Å². The standard InChI is InChI=1S/C14H15Cl2NO3/c1-20-14(19)10-6-13(18)17(8-10)5-4-9-2-3-11(15)7-12(9)16/h2-3,7,10H,4-6,8H2,1H3. The molecule has 1 atom stereocenters. The van der Waals surface area contributed by atoms with E-state index in [1.165, 1.54) is 7.11 Å². The molecule has 0 aromatic heterocycles. The Morgan fingerprint density at radius 3 is 2.85 bits per heavy atom. The van der Waals surface area contributed by atoms with Crippen molar-refractivity contribution in [2.45, 2.75) is 12.8 Å². The zero-order chi connectivity index (χ0) is 14.7. The quantitative estimate of drug-likeness (QED) is 0.802. The molecule has 1 saturated heterocycles. The molecular weight excluding hydrogens is 301 g/mol. The van der Waals surface area contributed by atoms with Crippen LogP contribution >= 0.6 is 23.2 Å². The maximum Gasteiger partial charge on any atom is 0.310 e. The summed E-state index contributed by atoms with van der Waals surface area (Å²) in [6, 6.07) is 5.30. The topological polar surface area (TPSA) is 46.6 Å². The molecule has 1 unspecified atom stereocenters. The van der Waals surface area contributed by atoms with Crippen molar-refractivity contribution < 1.29 is 14.3 Å². The molecule has 1 heterocycles. The molecule has 2 rings (SSSR count). The van der Waals surface area contributed by atoms with Crippen LogP contribution in [0.5, 0.6) is 0 Å². The van der Waals surface area contributed by atoms with Crippen LogP contribution in [0, 0.1) is 5.92 Å². The molecule has 0 bridgehead atoms. The average Bonchev–Trinajstić information content (AvgIpc) is 2.78. The van der Waals surface area contributed by atoms with Crippen LogP contribution in [0.3, 0.4) is 0 Å². The summed E-state index contributed by atoms with van der Waals surface area (Å²) < 4.78 is 4.67. The van der Waals surface area contributed by atoms with E-state index in [9.17, 15) is 9.59 Å². The summed E-state index contributed by atoms with van der Waals surface area (Å²) >= 11 is 11.9. The Bertz CT molecular complexity index is 533. The lowest BCUT2D eigenvalue weighted by Crippen LogP contribution is -2.28. The smallest absolute Gasteiger partial charge is 0.310 e. The number of likely N-dealkylation sites (tertiary alicyclic amines) is 1. The fraction of sp³-hybridized carbons (Fsp3) is 0.429. The first kappa shape index (κ1) is 15.1. The van der Waals surface area contributed by atoms with E-state index in [2.05, 4.69) is 4.74 Å². The Kier molecular flexibility index (Phi) is 4.89. The van der Waals surface area contributed by atoms with Crippen LogP contribution in [0.4, 0.5) is 0 Å². The van der Waals surface area contributed by atoms with E-state index in [0.717, 1.165) is 5.56 Å². The first-order valence-corrected chi connectivity index (χ1v) is 7.06. The van der Waals surface area contributed by atoms with Crippen molar-refractivity contribution in [1.29, 1.82) is 0 Å². The van der Waals surface area contributed by atoms with Crippen LogP contribution in [0.15, 0.2) is 18.2 Å². The van der Waals surface area contributed by atoms with Crippen molar-refractivity contribution >= 4 is 35.1 Å². The second-order valence-electron chi connectivity index (χ2n) is 4.75. The van der Waals surface area contributed by atoms with Gasteiger partial charge in [0.15, 0.2) is 0 Å². The minimum Gasteiger partial charge on any atom is -0.469 e. The summed E-state index contributed by atoms with van der Waals surface area (Å²) in [5.74, 6) is -0.705. The predicted molar refractivity (Wildman–Crippen MR) is 76.9 cm³/mol. The lowest BCUT2D eigenvalue weighted by molar-refractivity contribution is -0.145. The Balaban J connectivity index is 1.94. The molecule has 1 aromatic rings. The average molecular weight is 316 g/mol. The van der Waals surface area contributed by atoms with Gasteiger partial charge in [-0.05, 0) is 24.1 Å². The third-order valence-corrected chi connectivity index (χ3v) is 4.00. The van der Waals surface area contributed by atoms with Gasteiger partial charge in [0.25, 0.3) is 0 Å². The van der Waals surface area contributed by atoms with Gasteiger partial charge in [-0.25, -0.2) is 0 Å². The molecule has 0 saturated carbocycles. The fourth-order valence-electron chi connectivity index (χ4n) is 2.29. The predicted octanol–water partition coefficient (Wildman–Crippen LogP) is 2.56. The molecule has 0 radical (unpaired) electrons. The van der Waals surface area contributed by atoms with E-state index in [1.807, 2.05) is 6.07 Å². The highest BCUT2D eigenvalue weighted by Gasteiger charge is 2.34. The number of methoxy groups -OCH3 is 1. The van der Waals surface area contributed by atoms with Crippen LogP contribution < -0.4 is 0 Å². The molecule has 0 aliphatic carbocycles. The first-order valence-electron chi connectivity index (χ1n) is 6.30. The fourth-order valence-corrected chi connectivity index (χ4v) is 2.80. The van der Waals surface area contributed by atoms with Crippen molar-refractivity contribution in [3.05, 3.63) is 33.8 Å². The summed E-state index contributed by atoms with van der Waals surface area (Å²) in [7, 11) is 1.34. The maximum absolute atomic E-state index is 11.8. The zero-order valence-corrected chi connectivity index (χ0v) is 12.6. The molecule has 4 nitrogen and oxygen atoms in total. The van der Waals surface area contributed by atoms with Crippen LogP contribution in [-0.2, 0) is 20.7 Å². The monoisotopic (exact) mass is 315 g/mol. The summed E-state index contributed by atoms with van der Waals surface area (Å²) in [5.41, 5.74) is 0.936. The Labute approximate surface area is 127 Å². The molecule has 0 spiro atoms. The van der Waals surface area contributed by atoms with Crippen LogP contribution in [-0.4, -0.2) is 37.0 Å². The van der Waals surface area contributed by atoms with Gasteiger partial charge in [0.1, 0.15) is 0 Å². The Morgan fingerprint density at radius 1 is 1.45 bits per heavy atom. The van der Waals surface area contributed by atoms with Gasteiger partial charge in [-0.2, -0.15) is 0 Å². The van der Waals surface area contributed by atoms with E-state index < -0.39 is 0 Å². The van der Waals surface area contributed by atoms with Crippen molar-refractivity contribution in [2.24, 2.45) is 5.92 Å². The number of carbonyl (C=O) groups is 2. The number of hydrogen-bond donors (Lipinski definition) is 0. The number of rotatable bonds is 4. The van der Waals surface area contributed by atoms with Gasteiger partial charge in [-0.15, -0.1) is 0 Å². The zero-order valence-electron chi connectivity index (χ0n) is 11.1. The van der Waals surface area contributed by atoms with Gasteiger partial charge < -0.3 is 9.64 Å². The van der Waals surface area contributed by atoms with E-state index in [-0.39, 0.29) is 24.2 Å². The number of nitrogens with zero attached hydrogens (tertiary/aromatic N) is 1. The summed E-state index contributed by atoms with van der Waals surface area (Å²) in [6.07, 6.45) is 0.858. The minimum absolute atomic E-state index is 0.0227. The number of amides is 1. The van der Waals surface area contributed by atoms with Crippen molar-refractivity contribution in [2.75, 3.05) is 20.2 Å². The van der Waals surface area contributed by atoms with Gasteiger partial charge in [-0.1, -0.05) is 29.3 Å². The van der Waals surface area contributed by atoms with Gasteiger partial charge in [0.05, 0.1) is 13.0 Å². The van der Waals surface area contributed by atoms with Gasteiger partial charge in [0.2, 0.25) is 5.91 Å². The molecule has 1 fully saturated rings. The van der Waals surface area contributed by atoms with Gasteiger partial charge >= 0.3 is 5.97 Å². The van der Waals surface area contributed by atoms with Crippen LogP contribution in [0.25, 0.3) is 0 Å². The van der Waals surface area contributed by atoms with Crippen molar-refractivity contribution in [3.8, 4) is 0 Å². The number of ether oxygens (including phenoxy) is 1. The Morgan fingerprint density at radius 2 is 2.20 bits per heavy atom. The minimum atomic E-state index is -0.354. The van der Waals surface area contributed by atoms with E-state index in [0.29, 0.717) is 29.6 Å². The number of halogens is 2. The highest BCUT2D eigenvalue weighted by atomic mass is 35.5. The second-order valence-corrected chi connectivity index (χ2v) is 5.59. The number of carbonyl (C=O) groups excluding carboxylic acids is 2. The molecule has 0 N–H and O–H groups in total. The molecule has 6 heteroatoms. The Hall–Kier alpha value is -1.26. The van der Waals surface area contributed by atoms with Gasteiger partial charge in [0, 0.05) is 29.6 Å². The molecule has 1 aliphatic heterocycles. The van der Waals surface area contributed by atoms with Crippen LogP contribution in [0.1, 0.15) is 12.0 Å². The molecular formula is C14H15Cl2NO3. The summed E-state index contributed by atoms with van der Waals surface area (Å²) in [6.45, 7) is 0.949. The molecule has 20 heavy (non-hydrogen) atoms. The van der Waals surface area contributed by atoms with Crippen molar-refractivity contribution in [3.63, 3.8) is 0 Å². The summed E-state index contributed by atoms with van der Waals surface area (Å²) in [5, 5.41) is 1.18. The molecule has 1 aromatic carbocycles. The second kappa shape index (κ2) is 6.46. The van der Waals surface area contributed by atoms with E-state index >= 15 is 0 Å². The van der Waals surface area contributed by atoms with E-state index in [4.69, 9.17) is 23.2 Å². The highest BCUT2D eigenvalue weighted by molar-refractivity contribution is 6.35. The number of hydrogen-bond acceptors (Lipinski definition) is 3. The van der Waals surface area contributed by atoms with Crippen LogP contribution in [0.2, 0.25) is 10.0 Å². The first-order chi connectivity index (χ1) is 9.51. The lowest BCUT2D eigenvalue weighted by atomic mass is 10.1. The normalized spacial score (nSPS) is 18.4. The number of benzene rings is 1. The van der Waals surface area contributed by atoms with E-state index in [1.54, 1.807) is 17.0 Å². The lowest BCUT2D eigenvalue weighted by Gasteiger charge is -2.16. The number of esters is 1. The molecule has 108 valence electrons. The summed E-state index contributed by atoms with van der Waals surface area (Å²) in [4.78, 5) is 24.9. The third-order valence-electron chi connectivity index (χ3n) is 3.42. The SMILES string of the molecule is COC(=O)C1CC(=O)N(CCc2ccc(Cl)cc2Cl)C1. The third kappa shape index (κ3) is 3.44. The molecule has 1 aliphatic rings.